The summed E-state index contributed by atoms with van der Waals surface area (Å²) in [6.45, 7) is 0.759. The van der Waals surface area contributed by atoms with E-state index in [1.54, 1.807) is 12.1 Å². The van der Waals surface area contributed by atoms with E-state index >= 15 is 0 Å². The van der Waals surface area contributed by atoms with Crippen LogP contribution >= 0.6 is 15.9 Å². The smallest absolute Gasteiger partial charge is 0.259 e. The Morgan fingerprint density at radius 1 is 1.26 bits per heavy atom. The Morgan fingerprint density at radius 3 is 2.67 bits per heavy atom. The normalized spacial score (nSPS) is 27.2. The third kappa shape index (κ3) is 5.81. The van der Waals surface area contributed by atoms with Crippen molar-refractivity contribution < 1.29 is 38.4 Å². The summed E-state index contributed by atoms with van der Waals surface area (Å²) in [5, 5.41) is 49.7. The molecule has 2 aliphatic rings. The number of aliphatic hydroxyl groups is 3. The van der Waals surface area contributed by atoms with Gasteiger partial charge in [0.15, 0.2) is 17.7 Å². The Kier molecular flexibility index (Phi) is 9.21. The van der Waals surface area contributed by atoms with E-state index in [2.05, 4.69) is 32.3 Å². The molecule has 3 N–H and O–H groups in total. The molecule has 2 aromatic carbocycles. The molecule has 1 amide bonds. The molecule has 0 spiro atoms. The molecule has 14 heteroatoms. The summed E-state index contributed by atoms with van der Waals surface area (Å²) in [5.74, 6) is -2.77. The van der Waals surface area contributed by atoms with Crippen molar-refractivity contribution in [3.8, 4) is 17.3 Å². The molecule has 228 valence electrons. The lowest BCUT2D eigenvalue weighted by atomic mass is 9.91. The lowest BCUT2D eigenvalue weighted by molar-refractivity contribution is -0.211. The predicted molar refractivity (Wildman–Crippen MR) is 152 cm³/mol. The molecule has 1 aliphatic carbocycles. The zero-order valence-electron chi connectivity index (χ0n) is 23.3. The van der Waals surface area contributed by atoms with Crippen LogP contribution in [0.1, 0.15) is 36.4 Å². The number of aliphatic hydroxyl groups excluding tert-OH is 3. The highest BCUT2D eigenvalue weighted by molar-refractivity contribution is 9.10. The third-order valence-electron chi connectivity index (χ3n) is 8.05. The van der Waals surface area contributed by atoms with Gasteiger partial charge in [0.25, 0.3) is 5.91 Å². The van der Waals surface area contributed by atoms with Crippen LogP contribution in [0.3, 0.4) is 0 Å². The second-order valence-corrected chi connectivity index (χ2v) is 11.6. The van der Waals surface area contributed by atoms with Crippen LogP contribution in [0, 0.1) is 29.9 Å². The Balaban J connectivity index is 1.56. The maximum atomic E-state index is 14.7. The number of ether oxygens (including phenoxy) is 2. The third-order valence-corrected chi connectivity index (χ3v) is 8.51. The highest BCUT2D eigenvalue weighted by atomic mass is 79.9. The molecular formula is C29H30BrF2N5O6. The first-order chi connectivity index (χ1) is 20.6. The van der Waals surface area contributed by atoms with Crippen molar-refractivity contribution in [2.75, 3.05) is 18.6 Å². The highest BCUT2D eigenvalue weighted by Crippen LogP contribution is 2.37. The van der Waals surface area contributed by atoms with Gasteiger partial charge in [0.1, 0.15) is 30.0 Å². The van der Waals surface area contributed by atoms with Gasteiger partial charge in [-0.3, -0.25) is 4.79 Å². The molecule has 2 fully saturated rings. The maximum Gasteiger partial charge on any atom is 0.259 e. The number of hydrogen-bond acceptors (Lipinski definition) is 9. The number of carbonyl (C=O) groups excluding carboxylic acids is 1. The van der Waals surface area contributed by atoms with Gasteiger partial charge in [-0.25, -0.2) is 13.5 Å². The monoisotopic (exact) mass is 661 g/mol. The minimum atomic E-state index is -1.45. The molecule has 1 aliphatic heterocycles. The lowest BCUT2D eigenvalue weighted by Gasteiger charge is -2.45. The van der Waals surface area contributed by atoms with Gasteiger partial charge in [-0.05, 0) is 56.0 Å². The SMILES string of the molecule is CO[C@@H]1[C@@H](n2cc(-c3ccc(C)c(F)c3F)nn2)[C@@H](O)[C@@H](CO)O[C@H]1C(=O)N(c1cc(Br)cc(C#N)c1)[C@H]1CCC[C@@H]1O. The molecular weight excluding hydrogens is 632 g/mol. The molecule has 3 aromatic rings. The van der Waals surface area contributed by atoms with E-state index in [1.807, 2.05) is 0 Å². The predicted octanol–water partition coefficient (Wildman–Crippen LogP) is 2.79. The average molecular weight is 662 g/mol. The van der Waals surface area contributed by atoms with Crippen LogP contribution < -0.4 is 4.90 Å². The summed E-state index contributed by atoms with van der Waals surface area (Å²) >= 11 is 3.38. The van der Waals surface area contributed by atoms with Crippen LogP contribution in [0.5, 0.6) is 0 Å². The quantitative estimate of drug-likeness (QED) is 0.347. The number of nitrogens with zero attached hydrogens (tertiary/aromatic N) is 5. The minimum absolute atomic E-state index is 0.0257. The van der Waals surface area contributed by atoms with E-state index in [-0.39, 0.29) is 22.4 Å². The topological polar surface area (TPSA) is 154 Å². The lowest BCUT2D eigenvalue weighted by Crippen LogP contribution is -2.62. The summed E-state index contributed by atoms with van der Waals surface area (Å²) in [7, 11) is 1.31. The van der Waals surface area contributed by atoms with Crippen molar-refractivity contribution in [1.82, 2.24) is 15.0 Å². The van der Waals surface area contributed by atoms with Gasteiger partial charge >= 0.3 is 0 Å². The number of hydrogen-bond donors (Lipinski definition) is 3. The van der Waals surface area contributed by atoms with Gasteiger partial charge in [0.05, 0.1) is 36.6 Å². The fourth-order valence-corrected chi connectivity index (χ4v) is 6.35. The Hall–Kier alpha value is -3.32. The average Bonchev–Trinajstić information content (AvgIpc) is 3.64. The summed E-state index contributed by atoms with van der Waals surface area (Å²) in [4.78, 5) is 15.8. The first kappa shape index (κ1) is 31.1. The minimum Gasteiger partial charge on any atom is -0.394 e. The second kappa shape index (κ2) is 12.7. The Labute approximate surface area is 254 Å². The van der Waals surface area contributed by atoms with Crippen molar-refractivity contribution in [3.63, 3.8) is 0 Å². The van der Waals surface area contributed by atoms with Gasteiger partial charge in [0.2, 0.25) is 0 Å². The molecule has 2 heterocycles. The molecule has 1 saturated heterocycles. The Morgan fingerprint density at radius 2 is 2.02 bits per heavy atom. The molecule has 0 bridgehead atoms. The number of aryl methyl sites for hydroxylation is 1. The Bertz CT molecular complexity index is 1550. The first-order valence-corrected chi connectivity index (χ1v) is 14.4. The van der Waals surface area contributed by atoms with Crippen LogP contribution in [0.2, 0.25) is 0 Å². The molecule has 0 radical (unpaired) electrons. The highest BCUT2D eigenvalue weighted by Gasteiger charge is 2.52. The van der Waals surface area contributed by atoms with E-state index in [0.29, 0.717) is 29.4 Å². The van der Waals surface area contributed by atoms with Crippen molar-refractivity contribution in [1.29, 1.82) is 5.26 Å². The molecule has 5 rings (SSSR count). The number of anilines is 1. The van der Waals surface area contributed by atoms with Crippen LogP contribution in [-0.2, 0) is 14.3 Å². The van der Waals surface area contributed by atoms with Gasteiger partial charge in [0, 0.05) is 22.8 Å². The van der Waals surface area contributed by atoms with Gasteiger partial charge in [-0.2, -0.15) is 5.26 Å². The number of carbonyl (C=O) groups is 1. The number of aromatic nitrogens is 3. The van der Waals surface area contributed by atoms with Crippen LogP contribution in [0.25, 0.3) is 11.3 Å². The molecule has 43 heavy (non-hydrogen) atoms. The number of benzene rings is 2. The van der Waals surface area contributed by atoms with E-state index in [0.717, 1.165) is 0 Å². The maximum absolute atomic E-state index is 14.7. The van der Waals surface area contributed by atoms with Crippen molar-refractivity contribution in [2.24, 2.45) is 0 Å². The number of methoxy groups -OCH3 is 1. The second-order valence-electron chi connectivity index (χ2n) is 10.7. The van der Waals surface area contributed by atoms with Crippen LogP contribution in [0.4, 0.5) is 14.5 Å². The molecule has 11 nitrogen and oxygen atoms in total. The van der Waals surface area contributed by atoms with Crippen molar-refractivity contribution in [2.45, 2.75) is 68.8 Å². The zero-order chi connectivity index (χ0) is 31.0. The number of rotatable bonds is 7. The van der Waals surface area contributed by atoms with E-state index in [1.165, 1.54) is 48.0 Å². The summed E-state index contributed by atoms with van der Waals surface area (Å²) in [6.07, 6.45) is -3.30. The standard InChI is InChI=1S/C29H30BrF2N5O6/c1-14-6-7-18(24(32)23(14)31)19-12-36(35-34-19)25-26(40)22(13-38)43-28(27(25)42-2)29(41)37(20-4-3-5-21(20)39)17-9-15(11-33)8-16(30)10-17/h6-10,12,20-22,25-28,38-40H,3-5,13H2,1-2H3/t20-,21-,22+,25-,26-,27+,28+/m0/s1. The number of amides is 1. The molecule has 0 unspecified atom stereocenters. The summed E-state index contributed by atoms with van der Waals surface area (Å²) in [6, 6.07) is 7.76. The molecule has 7 atom stereocenters. The van der Waals surface area contributed by atoms with Crippen molar-refractivity contribution >= 4 is 27.5 Å². The van der Waals surface area contributed by atoms with Crippen LogP contribution in [0.15, 0.2) is 41.0 Å². The molecule has 1 saturated carbocycles. The summed E-state index contributed by atoms with van der Waals surface area (Å²) < 4.78 is 42.4. The van der Waals surface area contributed by atoms with E-state index < -0.39 is 66.8 Å². The van der Waals surface area contributed by atoms with E-state index in [4.69, 9.17) is 9.47 Å². The zero-order valence-corrected chi connectivity index (χ0v) is 24.9. The molecule has 1 aromatic heterocycles. The van der Waals surface area contributed by atoms with E-state index in [9.17, 15) is 34.2 Å². The van der Waals surface area contributed by atoms with Gasteiger partial charge in [-0.15, -0.1) is 5.10 Å². The first-order valence-electron chi connectivity index (χ1n) is 13.6. The summed E-state index contributed by atoms with van der Waals surface area (Å²) in [5.41, 5.74) is 0.551. The number of nitriles is 1. The fourth-order valence-electron chi connectivity index (χ4n) is 5.87. The van der Waals surface area contributed by atoms with Crippen molar-refractivity contribution in [3.05, 3.63) is 63.8 Å². The van der Waals surface area contributed by atoms with Crippen LogP contribution in [-0.4, -0.2) is 86.5 Å². The van der Waals surface area contributed by atoms with Gasteiger partial charge < -0.3 is 29.7 Å². The fraction of sp³-hybridized carbons (Fsp3) is 0.448. The number of halogens is 3. The largest absolute Gasteiger partial charge is 0.394 e. The van der Waals surface area contributed by atoms with Gasteiger partial charge in [-0.1, -0.05) is 27.2 Å².